The molecule has 1 rings (SSSR count). The third-order valence-electron chi connectivity index (χ3n) is 2.59. The zero-order valence-corrected chi connectivity index (χ0v) is 8.99. The monoisotopic (exact) mass is 209 g/mol. The van der Waals surface area contributed by atoms with Crippen LogP contribution in [-0.2, 0) is 9.53 Å². The molecule has 4 heteroatoms. The fraction of sp³-hybridized carbons (Fsp3) is 0.636. The van der Waals surface area contributed by atoms with Crippen LogP contribution in [0, 0.1) is 17.2 Å². The Labute approximate surface area is 89.2 Å². The van der Waals surface area contributed by atoms with Crippen LogP contribution in [0.3, 0.4) is 0 Å². The van der Waals surface area contributed by atoms with Gasteiger partial charge in [0.05, 0.1) is 17.6 Å². The number of aliphatic hydroxyl groups is 1. The molecule has 1 heterocycles. The molecule has 0 saturated heterocycles. The number of cyclic esters (lactones) is 1. The van der Waals surface area contributed by atoms with Crippen LogP contribution in [0.25, 0.3) is 0 Å². The van der Waals surface area contributed by atoms with E-state index < -0.39 is 18.0 Å². The normalized spacial score (nSPS) is 22.5. The van der Waals surface area contributed by atoms with Crippen LogP contribution >= 0.6 is 0 Å². The molecule has 0 saturated carbocycles. The predicted molar refractivity (Wildman–Crippen MR) is 53.8 cm³/mol. The van der Waals surface area contributed by atoms with E-state index in [-0.39, 0.29) is 11.3 Å². The van der Waals surface area contributed by atoms with Crippen molar-refractivity contribution in [1.29, 1.82) is 5.26 Å². The molecule has 4 nitrogen and oxygen atoms in total. The SMILES string of the molecule is CCCCC(C#N)C1OC(=O)C(C)=C1O. The summed E-state index contributed by atoms with van der Waals surface area (Å²) in [6, 6.07) is 2.08. The topological polar surface area (TPSA) is 70.3 Å². The number of carbonyl (C=O) groups excluding carboxylic acids is 1. The summed E-state index contributed by atoms with van der Waals surface area (Å²) in [6.45, 7) is 3.53. The van der Waals surface area contributed by atoms with Gasteiger partial charge in [0.2, 0.25) is 0 Å². The van der Waals surface area contributed by atoms with Crippen LogP contribution in [0.1, 0.15) is 33.1 Å². The third kappa shape index (κ3) is 2.30. The first-order valence-corrected chi connectivity index (χ1v) is 5.12. The Hall–Kier alpha value is -1.50. The number of hydrogen-bond acceptors (Lipinski definition) is 4. The van der Waals surface area contributed by atoms with Crippen LogP contribution < -0.4 is 0 Å². The minimum atomic E-state index is -0.756. The van der Waals surface area contributed by atoms with Gasteiger partial charge in [0.1, 0.15) is 5.76 Å². The quantitative estimate of drug-likeness (QED) is 0.719. The maximum absolute atomic E-state index is 11.1. The van der Waals surface area contributed by atoms with E-state index in [9.17, 15) is 9.90 Å². The number of ether oxygens (including phenoxy) is 1. The lowest BCUT2D eigenvalue weighted by molar-refractivity contribution is -0.141. The Balaban J connectivity index is 2.72. The highest BCUT2D eigenvalue weighted by atomic mass is 16.6. The van der Waals surface area contributed by atoms with Crippen molar-refractivity contribution in [2.45, 2.75) is 39.2 Å². The van der Waals surface area contributed by atoms with Crippen molar-refractivity contribution in [1.82, 2.24) is 0 Å². The van der Waals surface area contributed by atoms with Crippen molar-refractivity contribution >= 4 is 5.97 Å². The van der Waals surface area contributed by atoms with E-state index in [4.69, 9.17) is 10.00 Å². The zero-order chi connectivity index (χ0) is 11.4. The third-order valence-corrected chi connectivity index (χ3v) is 2.59. The molecule has 2 unspecified atom stereocenters. The first-order chi connectivity index (χ1) is 7.11. The van der Waals surface area contributed by atoms with E-state index in [1.54, 1.807) is 0 Å². The zero-order valence-electron chi connectivity index (χ0n) is 8.99. The van der Waals surface area contributed by atoms with Crippen molar-refractivity contribution in [3.63, 3.8) is 0 Å². The molecule has 0 aromatic carbocycles. The Kier molecular flexibility index (Phi) is 3.73. The van der Waals surface area contributed by atoms with Gasteiger partial charge in [-0.3, -0.25) is 0 Å². The minimum absolute atomic E-state index is 0.0809. The van der Waals surface area contributed by atoms with Crippen molar-refractivity contribution in [3.8, 4) is 6.07 Å². The molecule has 0 aromatic rings. The lowest BCUT2D eigenvalue weighted by Crippen LogP contribution is -2.22. The van der Waals surface area contributed by atoms with Gasteiger partial charge in [0.15, 0.2) is 6.10 Å². The summed E-state index contributed by atoms with van der Waals surface area (Å²) in [5.41, 5.74) is 0.219. The highest BCUT2D eigenvalue weighted by Gasteiger charge is 2.37. The average molecular weight is 209 g/mol. The molecule has 82 valence electrons. The highest BCUT2D eigenvalue weighted by molar-refractivity contribution is 5.91. The second-order valence-corrected chi connectivity index (χ2v) is 3.71. The molecule has 1 aliphatic heterocycles. The van der Waals surface area contributed by atoms with Crippen LogP contribution in [-0.4, -0.2) is 17.2 Å². The van der Waals surface area contributed by atoms with E-state index in [1.807, 2.05) is 6.92 Å². The lowest BCUT2D eigenvalue weighted by Gasteiger charge is -2.15. The minimum Gasteiger partial charge on any atom is -0.508 e. The van der Waals surface area contributed by atoms with Crippen molar-refractivity contribution < 1.29 is 14.6 Å². The van der Waals surface area contributed by atoms with Gasteiger partial charge < -0.3 is 9.84 Å². The molecular formula is C11H15NO3. The Morgan fingerprint density at radius 2 is 2.33 bits per heavy atom. The molecule has 0 aromatic heterocycles. The maximum Gasteiger partial charge on any atom is 0.338 e. The lowest BCUT2D eigenvalue weighted by atomic mass is 9.96. The number of unbranched alkanes of at least 4 members (excludes halogenated alkanes) is 1. The van der Waals surface area contributed by atoms with Gasteiger partial charge in [-0.15, -0.1) is 0 Å². The van der Waals surface area contributed by atoms with Crippen LogP contribution in [0.4, 0.5) is 0 Å². The molecule has 2 atom stereocenters. The van der Waals surface area contributed by atoms with E-state index in [1.165, 1.54) is 6.92 Å². The van der Waals surface area contributed by atoms with Crippen LogP contribution in [0.2, 0.25) is 0 Å². The van der Waals surface area contributed by atoms with Gasteiger partial charge in [0.25, 0.3) is 0 Å². The summed E-state index contributed by atoms with van der Waals surface area (Å²) in [6.07, 6.45) is 1.75. The Morgan fingerprint density at radius 1 is 1.67 bits per heavy atom. The molecule has 0 radical (unpaired) electrons. The summed E-state index contributed by atoms with van der Waals surface area (Å²) in [4.78, 5) is 11.1. The summed E-state index contributed by atoms with van der Waals surface area (Å²) in [7, 11) is 0. The van der Waals surface area contributed by atoms with Crippen molar-refractivity contribution in [3.05, 3.63) is 11.3 Å². The first kappa shape index (κ1) is 11.6. The second kappa shape index (κ2) is 4.83. The first-order valence-electron chi connectivity index (χ1n) is 5.12. The number of aliphatic hydroxyl groups excluding tert-OH is 1. The fourth-order valence-electron chi connectivity index (χ4n) is 1.56. The van der Waals surface area contributed by atoms with Gasteiger partial charge >= 0.3 is 5.97 Å². The van der Waals surface area contributed by atoms with Gasteiger partial charge in [-0.2, -0.15) is 5.26 Å². The van der Waals surface area contributed by atoms with E-state index >= 15 is 0 Å². The molecule has 0 amide bonds. The van der Waals surface area contributed by atoms with Gasteiger partial charge in [0, 0.05) is 0 Å². The largest absolute Gasteiger partial charge is 0.508 e. The summed E-state index contributed by atoms with van der Waals surface area (Å²) >= 11 is 0. The number of hydrogen-bond donors (Lipinski definition) is 1. The van der Waals surface area contributed by atoms with Crippen molar-refractivity contribution in [2.24, 2.45) is 5.92 Å². The van der Waals surface area contributed by atoms with Crippen LogP contribution in [0.5, 0.6) is 0 Å². The Bertz CT molecular complexity index is 327. The standard InChI is InChI=1S/C11H15NO3/c1-3-4-5-8(6-12)10-9(13)7(2)11(14)15-10/h8,10,13H,3-5H2,1-2H3. The number of carbonyl (C=O) groups is 1. The molecular weight excluding hydrogens is 194 g/mol. The van der Waals surface area contributed by atoms with E-state index in [0.29, 0.717) is 6.42 Å². The number of nitriles is 1. The van der Waals surface area contributed by atoms with Gasteiger partial charge in [-0.1, -0.05) is 19.8 Å². The van der Waals surface area contributed by atoms with Crippen LogP contribution in [0.15, 0.2) is 11.3 Å². The van der Waals surface area contributed by atoms with E-state index in [0.717, 1.165) is 12.8 Å². The number of esters is 1. The number of rotatable bonds is 4. The molecule has 0 fully saturated rings. The molecule has 0 aliphatic carbocycles. The van der Waals surface area contributed by atoms with Gasteiger partial charge in [-0.05, 0) is 13.3 Å². The fourth-order valence-corrected chi connectivity index (χ4v) is 1.56. The van der Waals surface area contributed by atoms with Crippen molar-refractivity contribution in [2.75, 3.05) is 0 Å². The summed E-state index contributed by atoms with van der Waals surface area (Å²) < 4.78 is 4.95. The number of nitrogens with zero attached hydrogens (tertiary/aromatic N) is 1. The molecule has 0 bridgehead atoms. The molecule has 1 N–H and O–H groups in total. The molecule has 15 heavy (non-hydrogen) atoms. The van der Waals surface area contributed by atoms with E-state index in [2.05, 4.69) is 6.07 Å². The second-order valence-electron chi connectivity index (χ2n) is 3.71. The summed E-state index contributed by atoms with van der Waals surface area (Å²) in [5.74, 6) is -1.04. The average Bonchev–Trinajstić information content (AvgIpc) is 2.48. The Morgan fingerprint density at radius 3 is 2.73 bits per heavy atom. The maximum atomic E-state index is 11.1. The smallest absolute Gasteiger partial charge is 0.338 e. The molecule has 0 spiro atoms. The highest BCUT2D eigenvalue weighted by Crippen LogP contribution is 2.28. The van der Waals surface area contributed by atoms with Gasteiger partial charge in [-0.25, -0.2) is 4.79 Å². The predicted octanol–water partition coefficient (Wildman–Crippen LogP) is 2.07. The summed E-state index contributed by atoms with van der Waals surface area (Å²) in [5, 5.41) is 18.5. The molecule has 1 aliphatic rings.